The molecule has 0 aliphatic heterocycles. The standard InChI is InChI=1S/C12H28N2O2/c1-10(2)12(9-16-4)14-11(8-15-3)6-5-7-13/h10-12,14H,5-9,13H2,1-4H3. The highest BCUT2D eigenvalue weighted by molar-refractivity contribution is 4.76. The van der Waals surface area contributed by atoms with E-state index >= 15 is 0 Å². The lowest BCUT2D eigenvalue weighted by molar-refractivity contribution is 0.112. The minimum atomic E-state index is 0.371. The Morgan fingerprint density at radius 1 is 1.12 bits per heavy atom. The summed E-state index contributed by atoms with van der Waals surface area (Å²) in [5.74, 6) is 0.553. The molecule has 3 N–H and O–H groups in total. The fourth-order valence-electron chi connectivity index (χ4n) is 1.70. The summed E-state index contributed by atoms with van der Waals surface area (Å²) in [6, 6.07) is 0.749. The van der Waals surface area contributed by atoms with E-state index in [-0.39, 0.29) is 0 Å². The van der Waals surface area contributed by atoms with Crippen molar-refractivity contribution in [3.63, 3.8) is 0 Å². The number of nitrogens with one attached hydrogen (secondary N) is 1. The van der Waals surface area contributed by atoms with E-state index in [0.29, 0.717) is 18.0 Å². The first-order valence-corrected chi connectivity index (χ1v) is 6.09. The summed E-state index contributed by atoms with van der Waals surface area (Å²) in [5, 5.41) is 3.58. The number of ether oxygens (including phenoxy) is 2. The van der Waals surface area contributed by atoms with E-state index in [9.17, 15) is 0 Å². The van der Waals surface area contributed by atoms with Crippen LogP contribution in [0.2, 0.25) is 0 Å². The third-order valence-electron chi connectivity index (χ3n) is 2.73. The van der Waals surface area contributed by atoms with Gasteiger partial charge in [0, 0.05) is 26.3 Å². The third-order valence-corrected chi connectivity index (χ3v) is 2.73. The first kappa shape index (κ1) is 15.8. The fourth-order valence-corrected chi connectivity index (χ4v) is 1.70. The Bertz CT molecular complexity index is 154. The zero-order chi connectivity index (χ0) is 12.4. The van der Waals surface area contributed by atoms with Gasteiger partial charge in [0.2, 0.25) is 0 Å². The van der Waals surface area contributed by atoms with Crippen molar-refractivity contribution in [2.45, 2.75) is 38.8 Å². The lowest BCUT2D eigenvalue weighted by Crippen LogP contribution is -2.46. The molecule has 98 valence electrons. The molecule has 2 unspecified atom stereocenters. The molecular formula is C12H28N2O2. The quantitative estimate of drug-likeness (QED) is 0.590. The van der Waals surface area contributed by atoms with Crippen LogP contribution in [0.25, 0.3) is 0 Å². The average molecular weight is 232 g/mol. The second-order valence-corrected chi connectivity index (χ2v) is 4.56. The zero-order valence-electron chi connectivity index (χ0n) is 11.2. The van der Waals surface area contributed by atoms with Crippen LogP contribution >= 0.6 is 0 Å². The van der Waals surface area contributed by atoms with Gasteiger partial charge in [0.1, 0.15) is 0 Å². The fraction of sp³-hybridized carbons (Fsp3) is 1.00. The Balaban J connectivity index is 4.09. The van der Waals surface area contributed by atoms with Crippen molar-refractivity contribution < 1.29 is 9.47 Å². The Hall–Kier alpha value is -0.160. The second kappa shape index (κ2) is 10.0. The van der Waals surface area contributed by atoms with E-state index in [4.69, 9.17) is 15.2 Å². The summed E-state index contributed by atoms with van der Waals surface area (Å²) in [4.78, 5) is 0. The molecule has 4 nitrogen and oxygen atoms in total. The van der Waals surface area contributed by atoms with Crippen LogP contribution in [-0.2, 0) is 9.47 Å². The van der Waals surface area contributed by atoms with Crippen molar-refractivity contribution in [3.05, 3.63) is 0 Å². The van der Waals surface area contributed by atoms with Crippen LogP contribution < -0.4 is 11.1 Å². The molecule has 0 amide bonds. The van der Waals surface area contributed by atoms with Gasteiger partial charge in [-0.05, 0) is 25.3 Å². The normalized spacial score (nSPS) is 15.4. The average Bonchev–Trinajstić information content (AvgIpc) is 2.25. The van der Waals surface area contributed by atoms with Crippen molar-refractivity contribution >= 4 is 0 Å². The maximum atomic E-state index is 5.53. The maximum Gasteiger partial charge on any atom is 0.0618 e. The highest BCUT2D eigenvalue weighted by Crippen LogP contribution is 2.06. The van der Waals surface area contributed by atoms with Crippen LogP contribution in [0.1, 0.15) is 26.7 Å². The highest BCUT2D eigenvalue weighted by atomic mass is 16.5. The van der Waals surface area contributed by atoms with E-state index < -0.39 is 0 Å². The molecule has 0 rings (SSSR count). The minimum absolute atomic E-state index is 0.371. The predicted octanol–water partition coefficient (Wildman–Crippen LogP) is 1.00. The van der Waals surface area contributed by atoms with Crippen molar-refractivity contribution in [1.82, 2.24) is 5.32 Å². The Kier molecular flexibility index (Phi) is 9.92. The van der Waals surface area contributed by atoms with Gasteiger partial charge in [-0.15, -0.1) is 0 Å². The Labute approximate surface area is 99.9 Å². The predicted molar refractivity (Wildman–Crippen MR) is 67.6 cm³/mol. The summed E-state index contributed by atoms with van der Waals surface area (Å²) >= 11 is 0. The van der Waals surface area contributed by atoms with Gasteiger partial charge >= 0.3 is 0 Å². The molecule has 0 bridgehead atoms. The van der Waals surface area contributed by atoms with Crippen LogP contribution in [0.4, 0.5) is 0 Å². The molecule has 0 aromatic carbocycles. The van der Waals surface area contributed by atoms with Crippen LogP contribution in [-0.4, -0.2) is 46.1 Å². The first-order valence-electron chi connectivity index (χ1n) is 6.09. The third kappa shape index (κ3) is 7.17. The molecule has 0 aliphatic carbocycles. The van der Waals surface area contributed by atoms with Crippen molar-refractivity contribution in [3.8, 4) is 0 Å². The molecule has 0 fully saturated rings. The minimum Gasteiger partial charge on any atom is -0.383 e. The number of rotatable bonds is 10. The molecule has 0 aromatic heterocycles. The number of hydrogen-bond donors (Lipinski definition) is 2. The molecule has 16 heavy (non-hydrogen) atoms. The van der Waals surface area contributed by atoms with Gasteiger partial charge in [-0.3, -0.25) is 0 Å². The van der Waals surface area contributed by atoms with Crippen LogP contribution in [0.5, 0.6) is 0 Å². The highest BCUT2D eigenvalue weighted by Gasteiger charge is 2.17. The van der Waals surface area contributed by atoms with Crippen LogP contribution in [0.15, 0.2) is 0 Å². The monoisotopic (exact) mass is 232 g/mol. The molecule has 0 heterocycles. The number of methoxy groups -OCH3 is 2. The summed E-state index contributed by atoms with van der Waals surface area (Å²) in [5.41, 5.74) is 5.53. The Morgan fingerprint density at radius 2 is 1.75 bits per heavy atom. The van der Waals surface area contributed by atoms with Gasteiger partial charge < -0.3 is 20.5 Å². The lowest BCUT2D eigenvalue weighted by atomic mass is 10.0. The summed E-state index contributed by atoms with van der Waals surface area (Å²) in [6.45, 7) is 6.60. The summed E-state index contributed by atoms with van der Waals surface area (Å²) < 4.78 is 10.4. The van der Waals surface area contributed by atoms with Crippen molar-refractivity contribution in [2.24, 2.45) is 11.7 Å². The van der Waals surface area contributed by atoms with E-state index in [1.807, 2.05) is 0 Å². The smallest absolute Gasteiger partial charge is 0.0618 e. The first-order chi connectivity index (χ1) is 7.65. The van der Waals surface area contributed by atoms with E-state index in [2.05, 4.69) is 19.2 Å². The molecular weight excluding hydrogens is 204 g/mol. The topological polar surface area (TPSA) is 56.5 Å². The maximum absolute atomic E-state index is 5.53. The van der Waals surface area contributed by atoms with E-state index in [1.165, 1.54) is 0 Å². The van der Waals surface area contributed by atoms with Gasteiger partial charge in [0.25, 0.3) is 0 Å². The van der Waals surface area contributed by atoms with Crippen LogP contribution in [0, 0.1) is 5.92 Å². The number of hydrogen-bond acceptors (Lipinski definition) is 4. The summed E-state index contributed by atoms with van der Waals surface area (Å²) in [7, 11) is 3.47. The molecule has 0 radical (unpaired) electrons. The molecule has 0 aromatic rings. The SMILES string of the molecule is COCC(CCCN)NC(COC)C(C)C. The van der Waals surface area contributed by atoms with Crippen molar-refractivity contribution in [1.29, 1.82) is 0 Å². The molecule has 4 heteroatoms. The van der Waals surface area contributed by atoms with E-state index in [0.717, 1.165) is 32.6 Å². The van der Waals surface area contributed by atoms with Crippen LogP contribution in [0.3, 0.4) is 0 Å². The van der Waals surface area contributed by atoms with Crippen molar-refractivity contribution in [2.75, 3.05) is 34.0 Å². The molecule has 0 aliphatic rings. The van der Waals surface area contributed by atoms with Gasteiger partial charge in [0.05, 0.1) is 13.2 Å². The van der Waals surface area contributed by atoms with Gasteiger partial charge in [0.15, 0.2) is 0 Å². The molecule has 0 saturated carbocycles. The van der Waals surface area contributed by atoms with Gasteiger partial charge in [-0.2, -0.15) is 0 Å². The molecule has 0 spiro atoms. The van der Waals surface area contributed by atoms with Gasteiger partial charge in [-0.1, -0.05) is 13.8 Å². The summed E-state index contributed by atoms with van der Waals surface area (Å²) in [6.07, 6.45) is 2.08. The molecule has 0 saturated heterocycles. The second-order valence-electron chi connectivity index (χ2n) is 4.56. The largest absolute Gasteiger partial charge is 0.383 e. The van der Waals surface area contributed by atoms with E-state index in [1.54, 1.807) is 14.2 Å². The number of nitrogens with two attached hydrogens (primary N) is 1. The van der Waals surface area contributed by atoms with Gasteiger partial charge in [-0.25, -0.2) is 0 Å². The lowest BCUT2D eigenvalue weighted by Gasteiger charge is -2.27. The zero-order valence-corrected chi connectivity index (χ0v) is 11.2. The molecule has 2 atom stereocenters. The Morgan fingerprint density at radius 3 is 2.19 bits per heavy atom.